The van der Waals surface area contributed by atoms with Gasteiger partial charge in [0, 0.05) is 17.8 Å². The van der Waals surface area contributed by atoms with Crippen molar-refractivity contribution in [1.29, 1.82) is 5.41 Å². The lowest BCUT2D eigenvalue weighted by Gasteiger charge is -2.13. The minimum atomic E-state index is -4.78. The summed E-state index contributed by atoms with van der Waals surface area (Å²) in [6.07, 6.45) is -4.78. The fourth-order valence-corrected chi connectivity index (χ4v) is 1.86. The summed E-state index contributed by atoms with van der Waals surface area (Å²) in [4.78, 5) is 21.5. The Morgan fingerprint density at radius 2 is 1.96 bits per heavy atom. The summed E-state index contributed by atoms with van der Waals surface area (Å²) < 4.78 is 43.0. The third kappa shape index (κ3) is 6.44. The summed E-state index contributed by atoms with van der Waals surface area (Å²) in [7, 11) is 0. The van der Waals surface area contributed by atoms with E-state index in [1.807, 2.05) is 0 Å². The molecule has 0 heterocycles. The Morgan fingerprint density at radius 3 is 2.44 bits per heavy atom. The second-order valence-electron chi connectivity index (χ2n) is 5.56. The van der Waals surface area contributed by atoms with Crippen molar-refractivity contribution in [2.45, 2.75) is 33.0 Å². The maximum Gasteiger partial charge on any atom is 0.416 e. The van der Waals surface area contributed by atoms with Gasteiger partial charge in [0.1, 0.15) is 5.03 Å². The zero-order valence-electron chi connectivity index (χ0n) is 14.4. The highest BCUT2D eigenvalue weighted by atomic mass is 35.5. The highest BCUT2D eigenvalue weighted by molar-refractivity contribution is 6.42. The molecule has 0 aliphatic rings. The lowest BCUT2D eigenvalue weighted by atomic mass is 10.2. The predicted octanol–water partition coefficient (Wildman–Crippen LogP) is 4.15. The van der Waals surface area contributed by atoms with Crippen molar-refractivity contribution >= 4 is 29.2 Å². The normalized spacial score (nSPS) is 12.3. The third-order valence-electron chi connectivity index (χ3n) is 2.94. The van der Waals surface area contributed by atoms with Gasteiger partial charge in [-0.25, -0.2) is 4.79 Å². The number of alkyl halides is 3. The molecule has 0 unspecified atom stereocenters. The number of nitrogens with zero attached hydrogens (tertiary/aromatic N) is 1. The largest absolute Gasteiger partial charge is 0.431 e. The Labute approximate surface area is 157 Å². The molecule has 148 valence electrons. The number of hydrogen-bond donors (Lipinski definition) is 3. The van der Waals surface area contributed by atoms with Crippen molar-refractivity contribution in [2.24, 2.45) is 0 Å². The van der Waals surface area contributed by atoms with Crippen LogP contribution in [-0.4, -0.2) is 22.9 Å². The number of halogens is 4. The van der Waals surface area contributed by atoms with Crippen molar-refractivity contribution in [3.8, 4) is 5.75 Å². The van der Waals surface area contributed by atoms with E-state index in [0.717, 1.165) is 0 Å². The number of rotatable bonds is 5. The van der Waals surface area contributed by atoms with Gasteiger partial charge in [-0.15, -0.1) is 0 Å². The Hall–Kier alpha value is -2.82. The Balaban J connectivity index is 3.06. The van der Waals surface area contributed by atoms with Gasteiger partial charge in [-0.05, 0) is 32.9 Å². The average Bonchev–Trinajstić information content (AvgIpc) is 2.52. The average molecular weight is 409 g/mol. The zero-order chi connectivity index (χ0) is 20.9. The molecule has 0 aromatic heterocycles. The number of carbonyl (C=O) groups excluding carboxylic acids is 1. The number of urea groups is 1. The van der Waals surface area contributed by atoms with Gasteiger partial charge in [-0.1, -0.05) is 11.6 Å². The molecule has 0 radical (unpaired) electrons. The first kappa shape index (κ1) is 22.2. The van der Waals surface area contributed by atoms with E-state index in [-0.39, 0.29) is 16.8 Å². The van der Waals surface area contributed by atoms with E-state index in [4.69, 9.17) is 21.7 Å². The predicted molar refractivity (Wildman–Crippen MR) is 91.8 cm³/mol. The summed E-state index contributed by atoms with van der Waals surface area (Å²) in [5, 5.41) is 23.2. The molecule has 3 N–H and O–H groups in total. The first-order valence-electron chi connectivity index (χ1n) is 7.39. The Kier molecular flexibility index (Phi) is 7.17. The maximum absolute atomic E-state index is 12.7. The van der Waals surface area contributed by atoms with E-state index < -0.39 is 40.0 Å². The first-order chi connectivity index (χ1) is 12.3. The van der Waals surface area contributed by atoms with E-state index >= 15 is 0 Å². The summed E-state index contributed by atoms with van der Waals surface area (Å²) in [6.45, 7) is 4.78. The quantitative estimate of drug-likeness (QED) is 0.293. The number of hydrogen-bond acceptors (Lipinski definition) is 5. The molecule has 0 bridgehead atoms. The molecule has 0 fully saturated rings. The van der Waals surface area contributed by atoms with Crippen LogP contribution >= 0.6 is 11.6 Å². The smallest absolute Gasteiger partial charge is 0.416 e. The molecule has 1 aromatic carbocycles. The fraction of sp³-hybridized carbons (Fsp3) is 0.333. The number of carbonyl (C=O) groups is 1. The number of nitro groups is 1. The van der Waals surface area contributed by atoms with E-state index in [0.29, 0.717) is 18.2 Å². The molecule has 0 saturated carbocycles. The van der Waals surface area contributed by atoms with Gasteiger partial charge in [-0.2, -0.15) is 13.2 Å². The van der Waals surface area contributed by atoms with Crippen LogP contribution in [0.15, 0.2) is 28.9 Å². The molecule has 2 amide bonds. The van der Waals surface area contributed by atoms with E-state index in [9.17, 15) is 28.1 Å². The topological polar surface area (TPSA) is 117 Å². The SMILES string of the molecule is C/C(NC(=O)NC(C)C)=C(\Cl)C(=N)Oc1ccc(C(F)(F)F)cc1[N+](=O)[O-]. The van der Waals surface area contributed by atoms with Gasteiger partial charge in [0.15, 0.2) is 0 Å². The van der Waals surface area contributed by atoms with Crippen LogP contribution in [0.4, 0.5) is 23.7 Å². The van der Waals surface area contributed by atoms with Crippen LogP contribution in [0, 0.1) is 15.5 Å². The van der Waals surface area contributed by atoms with Crippen molar-refractivity contribution in [1.82, 2.24) is 10.6 Å². The van der Waals surface area contributed by atoms with Crippen molar-refractivity contribution in [3.05, 3.63) is 44.6 Å². The van der Waals surface area contributed by atoms with Crippen molar-refractivity contribution < 1.29 is 27.6 Å². The molecule has 0 saturated heterocycles. The lowest BCUT2D eigenvalue weighted by molar-refractivity contribution is -0.385. The molecular weight excluding hydrogens is 393 g/mol. The molecule has 1 rings (SSSR count). The number of benzene rings is 1. The first-order valence-corrected chi connectivity index (χ1v) is 7.77. The standard InChI is InChI=1S/C15H16ClF3N4O4/c1-7(2)21-14(24)22-8(3)12(16)13(20)27-11-5-4-9(15(17,18)19)6-10(11)23(25)26/h4-7,20H,1-3H3,(H2,21,22,24)/b12-8+,20-13?. The second kappa shape index (κ2) is 8.71. The van der Waals surface area contributed by atoms with E-state index in [2.05, 4.69) is 10.6 Å². The van der Waals surface area contributed by atoms with Crippen LogP contribution in [0.25, 0.3) is 0 Å². The second-order valence-corrected chi connectivity index (χ2v) is 5.94. The maximum atomic E-state index is 12.7. The lowest BCUT2D eigenvalue weighted by Crippen LogP contribution is -2.39. The van der Waals surface area contributed by atoms with E-state index in [1.54, 1.807) is 13.8 Å². The number of nitrogens with one attached hydrogen (secondary N) is 3. The van der Waals surface area contributed by atoms with Gasteiger partial charge in [0.05, 0.1) is 10.5 Å². The molecule has 1 aromatic rings. The zero-order valence-corrected chi connectivity index (χ0v) is 15.2. The van der Waals surface area contributed by atoms with Gasteiger partial charge in [0.2, 0.25) is 11.6 Å². The number of nitro benzene ring substituents is 1. The minimum Gasteiger partial charge on any atom is -0.431 e. The summed E-state index contributed by atoms with van der Waals surface area (Å²) >= 11 is 5.89. The number of allylic oxidation sites excluding steroid dienone is 1. The summed E-state index contributed by atoms with van der Waals surface area (Å²) in [5.74, 6) is -1.39. The van der Waals surface area contributed by atoms with E-state index in [1.165, 1.54) is 6.92 Å². The minimum absolute atomic E-state index is 0.00869. The number of ether oxygens (including phenoxy) is 1. The van der Waals surface area contributed by atoms with Gasteiger partial charge in [0.25, 0.3) is 0 Å². The summed E-state index contributed by atoms with van der Waals surface area (Å²) in [6, 6.07) is 0.819. The highest BCUT2D eigenvalue weighted by Crippen LogP contribution is 2.36. The fourth-order valence-electron chi connectivity index (χ4n) is 1.77. The Morgan fingerprint density at radius 1 is 1.37 bits per heavy atom. The van der Waals surface area contributed by atoms with Crippen LogP contribution in [0.2, 0.25) is 0 Å². The monoisotopic (exact) mass is 408 g/mol. The molecule has 8 nitrogen and oxygen atoms in total. The third-order valence-corrected chi connectivity index (χ3v) is 3.40. The molecule has 0 atom stereocenters. The molecular formula is C15H16ClF3N4O4. The highest BCUT2D eigenvalue weighted by Gasteiger charge is 2.33. The Bertz CT molecular complexity index is 794. The van der Waals surface area contributed by atoms with Crippen LogP contribution in [0.5, 0.6) is 5.75 Å². The molecule has 12 heteroatoms. The van der Waals surface area contributed by atoms with Gasteiger partial charge < -0.3 is 15.4 Å². The molecule has 27 heavy (non-hydrogen) atoms. The summed E-state index contributed by atoms with van der Waals surface area (Å²) in [5.41, 5.74) is -2.21. The van der Waals surface area contributed by atoms with Crippen molar-refractivity contribution in [3.63, 3.8) is 0 Å². The van der Waals surface area contributed by atoms with Crippen LogP contribution in [0.3, 0.4) is 0 Å². The van der Waals surface area contributed by atoms with Crippen LogP contribution in [0.1, 0.15) is 26.3 Å². The number of amides is 2. The molecule has 0 aliphatic carbocycles. The molecule has 0 aliphatic heterocycles. The van der Waals surface area contributed by atoms with Gasteiger partial charge >= 0.3 is 17.9 Å². The van der Waals surface area contributed by atoms with Crippen LogP contribution < -0.4 is 15.4 Å². The van der Waals surface area contributed by atoms with Crippen molar-refractivity contribution in [2.75, 3.05) is 0 Å². The molecule has 0 spiro atoms. The van der Waals surface area contributed by atoms with Crippen LogP contribution in [-0.2, 0) is 6.18 Å². The van der Waals surface area contributed by atoms with Gasteiger partial charge in [-0.3, -0.25) is 15.5 Å².